The van der Waals surface area contributed by atoms with E-state index in [-0.39, 0.29) is 11.5 Å². The van der Waals surface area contributed by atoms with Gasteiger partial charge in [0.2, 0.25) is 0 Å². The number of rotatable bonds is 5. The fraction of sp³-hybridized carbons (Fsp3) is 0.333. The highest BCUT2D eigenvalue weighted by Crippen LogP contribution is 2.36. The third kappa shape index (κ3) is 3.77. The molecule has 0 aliphatic rings. The average molecular weight is 378 g/mol. The third-order valence-corrected chi connectivity index (χ3v) is 5.40. The van der Waals surface area contributed by atoms with Gasteiger partial charge < -0.3 is 4.57 Å². The number of aromatic nitrogens is 2. The Kier molecular flexibility index (Phi) is 5.78. The van der Waals surface area contributed by atoms with E-state index in [1.807, 2.05) is 13.0 Å². The molecular formula is C24H27FN2O. The third-order valence-electron chi connectivity index (χ3n) is 5.40. The average Bonchev–Trinajstić information content (AvgIpc) is 2.65. The minimum Gasteiger partial charge on any atom is -0.302 e. The molecule has 0 bridgehead atoms. The highest BCUT2D eigenvalue weighted by Gasteiger charge is 2.16. The van der Waals surface area contributed by atoms with Gasteiger partial charge in [0.05, 0.1) is 0 Å². The molecule has 28 heavy (non-hydrogen) atoms. The lowest BCUT2D eigenvalue weighted by Gasteiger charge is -2.19. The predicted molar refractivity (Wildman–Crippen MR) is 113 cm³/mol. The number of unbranched alkanes of at least 4 members (excludes halogenated alkanes) is 1. The fourth-order valence-corrected chi connectivity index (χ4v) is 3.86. The highest BCUT2D eigenvalue weighted by molar-refractivity contribution is 5.78. The molecule has 4 heteroatoms. The van der Waals surface area contributed by atoms with Gasteiger partial charge in [0.15, 0.2) is 0 Å². The van der Waals surface area contributed by atoms with Crippen molar-refractivity contribution in [3.05, 3.63) is 75.2 Å². The zero-order valence-electron chi connectivity index (χ0n) is 17.3. The summed E-state index contributed by atoms with van der Waals surface area (Å²) >= 11 is 0. The van der Waals surface area contributed by atoms with Crippen LogP contribution in [0.4, 0.5) is 4.39 Å². The Morgan fingerprint density at radius 3 is 2.36 bits per heavy atom. The van der Waals surface area contributed by atoms with Crippen molar-refractivity contribution >= 4 is 0 Å². The second-order valence-corrected chi connectivity index (χ2v) is 7.52. The van der Waals surface area contributed by atoms with Gasteiger partial charge in [0.1, 0.15) is 5.82 Å². The highest BCUT2D eigenvalue weighted by atomic mass is 19.1. The maximum atomic E-state index is 14.2. The monoisotopic (exact) mass is 378 g/mol. The first-order chi connectivity index (χ1) is 13.3. The molecule has 0 aliphatic carbocycles. The number of aryl methyl sites for hydroxylation is 3. The van der Waals surface area contributed by atoms with Gasteiger partial charge in [-0.3, -0.25) is 0 Å². The Labute approximate surface area is 165 Å². The molecule has 2 aromatic carbocycles. The van der Waals surface area contributed by atoms with Crippen molar-refractivity contribution in [3.8, 4) is 22.3 Å². The molecule has 0 aliphatic heterocycles. The zero-order chi connectivity index (χ0) is 20.4. The van der Waals surface area contributed by atoms with Crippen LogP contribution < -0.4 is 5.69 Å². The standard InChI is InChI=1S/C24H27FN2O/c1-6-7-8-20-17(4)22(25)10-9-21(20)23-15(2)11-18(12-16(23)3)19-13-26-24(28)27(5)14-19/h9-14H,6-8H2,1-5H3. The first-order valence-electron chi connectivity index (χ1n) is 9.76. The molecule has 0 N–H and O–H groups in total. The maximum absolute atomic E-state index is 14.2. The van der Waals surface area contributed by atoms with E-state index in [2.05, 4.69) is 37.9 Å². The lowest BCUT2D eigenvalue weighted by molar-refractivity contribution is 0.614. The van der Waals surface area contributed by atoms with E-state index in [1.165, 1.54) is 4.57 Å². The summed E-state index contributed by atoms with van der Waals surface area (Å²) in [5.41, 5.74) is 8.05. The maximum Gasteiger partial charge on any atom is 0.347 e. The van der Waals surface area contributed by atoms with Crippen molar-refractivity contribution in [1.82, 2.24) is 9.55 Å². The topological polar surface area (TPSA) is 34.9 Å². The molecule has 0 atom stereocenters. The molecule has 1 heterocycles. The molecular weight excluding hydrogens is 351 g/mol. The Morgan fingerprint density at radius 1 is 1.07 bits per heavy atom. The van der Waals surface area contributed by atoms with Gasteiger partial charge in [-0.1, -0.05) is 31.5 Å². The van der Waals surface area contributed by atoms with E-state index in [0.29, 0.717) is 0 Å². The van der Waals surface area contributed by atoms with E-state index in [9.17, 15) is 9.18 Å². The SMILES string of the molecule is CCCCc1c(-c2c(C)cc(-c3cnc(=O)n(C)c3)cc2C)ccc(F)c1C. The lowest BCUT2D eigenvalue weighted by atomic mass is 9.86. The zero-order valence-corrected chi connectivity index (χ0v) is 17.3. The second-order valence-electron chi connectivity index (χ2n) is 7.52. The van der Waals surface area contributed by atoms with Crippen LogP contribution in [0.1, 0.15) is 42.0 Å². The van der Waals surface area contributed by atoms with Crippen molar-refractivity contribution in [3.63, 3.8) is 0 Å². The molecule has 1 aromatic heterocycles. The summed E-state index contributed by atoms with van der Waals surface area (Å²) in [5.74, 6) is -0.141. The Hall–Kier alpha value is -2.75. The number of hydrogen-bond acceptors (Lipinski definition) is 2. The molecule has 0 spiro atoms. The van der Waals surface area contributed by atoms with Crippen molar-refractivity contribution in [1.29, 1.82) is 0 Å². The van der Waals surface area contributed by atoms with Crippen LogP contribution in [-0.2, 0) is 13.5 Å². The summed E-state index contributed by atoms with van der Waals surface area (Å²) in [5, 5.41) is 0. The number of hydrogen-bond donors (Lipinski definition) is 0. The van der Waals surface area contributed by atoms with Gasteiger partial charge in [-0.2, -0.15) is 0 Å². The number of nitrogens with zero attached hydrogens (tertiary/aromatic N) is 2. The van der Waals surface area contributed by atoms with Crippen LogP contribution in [0.15, 0.2) is 41.5 Å². The van der Waals surface area contributed by atoms with E-state index < -0.39 is 0 Å². The van der Waals surface area contributed by atoms with Gasteiger partial charge in [-0.15, -0.1) is 0 Å². The van der Waals surface area contributed by atoms with Crippen molar-refractivity contribution in [2.24, 2.45) is 7.05 Å². The quantitative estimate of drug-likeness (QED) is 0.586. The number of benzene rings is 2. The van der Waals surface area contributed by atoms with E-state index >= 15 is 0 Å². The summed E-state index contributed by atoms with van der Waals surface area (Å²) in [7, 11) is 1.70. The molecule has 3 nitrogen and oxygen atoms in total. The Morgan fingerprint density at radius 2 is 1.75 bits per heavy atom. The molecule has 0 radical (unpaired) electrons. The van der Waals surface area contributed by atoms with Crippen molar-refractivity contribution < 1.29 is 4.39 Å². The van der Waals surface area contributed by atoms with E-state index in [4.69, 9.17) is 0 Å². The molecule has 3 aromatic rings. The first-order valence-corrected chi connectivity index (χ1v) is 9.76. The van der Waals surface area contributed by atoms with Crippen LogP contribution in [-0.4, -0.2) is 9.55 Å². The van der Waals surface area contributed by atoms with E-state index in [1.54, 1.807) is 25.5 Å². The van der Waals surface area contributed by atoms with Crippen LogP contribution in [0.25, 0.3) is 22.3 Å². The lowest BCUT2D eigenvalue weighted by Crippen LogP contribution is -2.18. The summed E-state index contributed by atoms with van der Waals surface area (Å²) in [6, 6.07) is 7.72. The summed E-state index contributed by atoms with van der Waals surface area (Å²) < 4.78 is 15.7. The first kappa shape index (κ1) is 20.0. The second kappa shape index (κ2) is 8.09. The van der Waals surface area contributed by atoms with Crippen molar-refractivity contribution in [2.45, 2.75) is 47.0 Å². The van der Waals surface area contributed by atoms with Gasteiger partial charge >= 0.3 is 5.69 Å². The van der Waals surface area contributed by atoms with E-state index in [0.717, 1.165) is 63.8 Å². The van der Waals surface area contributed by atoms with Crippen LogP contribution in [0, 0.1) is 26.6 Å². The van der Waals surface area contributed by atoms with Gasteiger partial charge in [-0.25, -0.2) is 14.2 Å². The molecule has 3 rings (SSSR count). The molecule has 0 amide bonds. The summed E-state index contributed by atoms with van der Waals surface area (Å²) in [6.45, 7) is 8.20. The van der Waals surface area contributed by atoms with Crippen molar-refractivity contribution in [2.75, 3.05) is 0 Å². The number of halogens is 1. The molecule has 0 saturated carbocycles. The molecule has 0 saturated heterocycles. The van der Waals surface area contributed by atoms with Crippen LogP contribution in [0.3, 0.4) is 0 Å². The molecule has 146 valence electrons. The van der Waals surface area contributed by atoms with Crippen LogP contribution in [0.5, 0.6) is 0 Å². The summed E-state index contributed by atoms with van der Waals surface area (Å²) in [6.07, 6.45) is 6.41. The normalized spacial score (nSPS) is 11.1. The fourth-order valence-electron chi connectivity index (χ4n) is 3.86. The van der Waals surface area contributed by atoms with Gasteiger partial charge in [-0.05, 0) is 78.6 Å². The Bertz CT molecular complexity index is 1060. The van der Waals surface area contributed by atoms with Crippen LogP contribution in [0.2, 0.25) is 0 Å². The smallest absolute Gasteiger partial charge is 0.302 e. The molecule has 0 unspecified atom stereocenters. The Balaban J connectivity index is 2.15. The molecule has 0 fully saturated rings. The van der Waals surface area contributed by atoms with Gasteiger partial charge in [0, 0.05) is 25.0 Å². The van der Waals surface area contributed by atoms with Gasteiger partial charge in [0.25, 0.3) is 0 Å². The minimum atomic E-state index is -0.267. The minimum absolute atomic E-state index is 0.141. The largest absolute Gasteiger partial charge is 0.347 e. The summed E-state index contributed by atoms with van der Waals surface area (Å²) in [4.78, 5) is 15.5. The predicted octanol–water partition coefficient (Wildman–Crippen LogP) is 5.52. The van der Waals surface area contributed by atoms with Crippen LogP contribution >= 0.6 is 0 Å².